The maximum Gasteiger partial charge on any atom is 0.295 e. The largest absolute Gasteiger partial charge is 0.507 e. The number of likely N-dealkylation sites (N-methyl/N-ethyl adjacent to an activating group) is 1. The van der Waals surface area contributed by atoms with Crippen molar-refractivity contribution in [1.82, 2.24) is 19.6 Å². The molecule has 1 atom stereocenters. The molecule has 3 rings (SSSR count). The number of hydrogen-bond acceptors (Lipinski definition) is 5. The fraction of sp³-hybridized carbons (Fsp3) is 0.458. The van der Waals surface area contributed by atoms with Gasteiger partial charge in [-0.3, -0.25) is 14.3 Å². The van der Waals surface area contributed by atoms with E-state index >= 15 is 0 Å². The highest BCUT2D eigenvalue weighted by atomic mass is 16.3. The van der Waals surface area contributed by atoms with Crippen molar-refractivity contribution in [1.29, 1.82) is 0 Å². The van der Waals surface area contributed by atoms with Gasteiger partial charge in [0.1, 0.15) is 5.76 Å². The Morgan fingerprint density at radius 3 is 2.26 bits per heavy atom. The standard InChI is InChI=1S/C24H32N4O3/c1-14(2)17-8-10-18(11-9-17)21-20(22(29)19-15(3)25-27(7)16(19)4)23(30)24(31)28(21)13-12-26(5)6/h8-11,14,21,29H,12-13H2,1-7H3/b22-20+. The van der Waals surface area contributed by atoms with E-state index in [4.69, 9.17) is 0 Å². The molecule has 1 aliphatic rings. The first-order valence-electron chi connectivity index (χ1n) is 10.6. The van der Waals surface area contributed by atoms with Crippen LogP contribution in [0.5, 0.6) is 0 Å². The summed E-state index contributed by atoms with van der Waals surface area (Å²) in [6.45, 7) is 8.85. The molecule has 1 fully saturated rings. The molecule has 1 amide bonds. The number of ketones is 1. The number of aliphatic hydroxyl groups is 1. The van der Waals surface area contributed by atoms with Crippen LogP contribution in [0.2, 0.25) is 0 Å². The summed E-state index contributed by atoms with van der Waals surface area (Å²) in [6.07, 6.45) is 0. The summed E-state index contributed by atoms with van der Waals surface area (Å²) in [7, 11) is 5.63. The lowest BCUT2D eigenvalue weighted by Gasteiger charge is -2.27. The van der Waals surface area contributed by atoms with Crippen LogP contribution in [0, 0.1) is 13.8 Å². The zero-order valence-electron chi connectivity index (χ0n) is 19.4. The maximum absolute atomic E-state index is 13.1. The molecule has 1 aromatic heterocycles. The molecule has 0 radical (unpaired) electrons. The minimum absolute atomic E-state index is 0.125. The summed E-state index contributed by atoms with van der Waals surface area (Å²) >= 11 is 0. The van der Waals surface area contributed by atoms with Crippen LogP contribution in [0.15, 0.2) is 29.8 Å². The Balaban J connectivity index is 2.19. The number of likely N-dealkylation sites (tertiary alicyclic amines) is 1. The van der Waals surface area contributed by atoms with Crippen molar-refractivity contribution in [2.75, 3.05) is 27.2 Å². The van der Waals surface area contributed by atoms with Crippen molar-refractivity contribution in [2.24, 2.45) is 7.05 Å². The quantitative estimate of drug-likeness (QED) is 0.438. The third-order valence-electron chi connectivity index (χ3n) is 5.99. The Morgan fingerprint density at radius 1 is 1.16 bits per heavy atom. The number of rotatable bonds is 6. The van der Waals surface area contributed by atoms with Gasteiger partial charge in [0.2, 0.25) is 0 Å². The van der Waals surface area contributed by atoms with Gasteiger partial charge in [0.05, 0.1) is 22.9 Å². The number of Topliss-reactive ketones (excluding diaryl/α,β-unsaturated/α-hetero) is 1. The van der Waals surface area contributed by atoms with Crippen LogP contribution >= 0.6 is 0 Å². The highest BCUT2D eigenvalue weighted by Gasteiger charge is 2.46. The molecule has 1 unspecified atom stereocenters. The van der Waals surface area contributed by atoms with E-state index in [1.54, 1.807) is 23.6 Å². The molecule has 2 aromatic rings. The second-order valence-corrected chi connectivity index (χ2v) is 8.79. The van der Waals surface area contributed by atoms with Crippen LogP contribution in [0.1, 0.15) is 53.9 Å². The van der Waals surface area contributed by atoms with Crippen molar-refractivity contribution in [2.45, 2.75) is 39.7 Å². The van der Waals surface area contributed by atoms with Gasteiger partial charge >= 0.3 is 0 Å². The van der Waals surface area contributed by atoms with Gasteiger partial charge in [-0.15, -0.1) is 0 Å². The number of aryl methyl sites for hydroxylation is 2. The molecule has 7 heteroatoms. The molecule has 2 heterocycles. The molecule has 1 N–H and O–H groups in total. The predicted octanol–water partition coefficient (Wildman–Crippen LogP) is 3.14. The van der Waals surface area contributed by atoms with E-state index in [-0.39, 0.29) is 11.3 Å². The Hall–Kier alpha value is -2.93. The lowest BCUT2D eigenvalue weighted by atomic mass is 9.93. The molecule has 166 valence electrons. The first-order chi connectivity index (χ1) is 14.5. The Labute approximate surface area is 184 Å². The molecule has 1 aromatic carbocycles. The molecule has 0 bridgehead atoms. The first kappa shape index (κ1) is 22.7. The van der Waals surface area contributed by atoms with Crippen molar-refractivity contribution in [3.63, 3.8) is 0 Å². The smallest absolute Gasteiger partial charge is 0.295 e. The molecule has 0 aliphatic carbocycles. The highest BCUT2D eigenvalue weighted by Crippen LogP contribution is 2.40. The molecule has 0 spiro atoms. The van der Waals surface area contributed by atoms with E-state index in [1.807, 2.05) is 50.2 Å². The molecular weight excluding hydrogens is 392 g/mol. The Kier molecular flexibility index (Phi) is 6.36. The van der Waals surface area contributed by atoms with E-state index in [0.29, 0.717) is 30.3 Å². The molecule has 1 saturated heterocycles. The lowest BCUT2D eigenvalue weighted by Crippen LogP contribution is -2.35. The lowest BCUT2D eigenvalue weighted by molar-refractivity contribution is -0.140. The van der Waals surface area contributed by atoms with E-state index in [9.17, 15) is 14.7 Å². The minimum atomic E-state index is -0.656. The van der Waals surface area contributed by atoms with E-state index in [1.165, 1.54) is 5.56 Å². The topological polar surface area (TPSA) is 78.7 Å². The number of benzene rings is 1. The second kappa shape index (κ2) is 8.67. The average Bonchev–Trinajstić information content (AvgIpc) is 3.11. The predicted molar refractivity (Wildman–Crippen MR) is 121 cm³/mol. The summed E-state index contributed by atoms with van der Waals surface area (Å²) in [5, 5.41) is 15.6. The monoisotopic (exact) mass is 424 g/mol. The Bertz CT molecular complexity index is 1030. The maximum atomic E-state index is 13.1. The number of nitrogens with zero attached hydrogens (tertiary/aromatic N) is 4. The van der Waals surface area contributed by atoms with Crippen LogP contribution in [0.4, 0.5) is 0 Å². The number of aliphatic hydroxyl groups excluding tert-OH is 1. The third kappa shape index (κ3) is 4.14. The molecule has 1 aliphatic heterocycles. The average molecular weight is 425 g/mol. The van der Waals surface area contributed by atoms with Gasteiger partial charge in [0.15, 0.2) is 0 Å². The third-order valence-corrected chi connectivity index (χ3v) is 5.99. The van der Waals surface area contributed by atoms with Crippen molar-refractivity contribution < 1.29 is 14.7 Å². The zero-order valence-corrected chi connectivity index (χ0v) is 19.4. The van der Waals surface area contributed by atoms with Gasteiger partial charge in [-0.25, -0.2) is 0 Å². The van der Waals surface area contributed by atoms with Crippen molar-refractivity contribution in [3.05, 3.63) is 57.9 Å². The number of amides is 1. The van der Waals surface area contributed by atoms with Crippen molar-refractivity contribution >= 4 is 17.4 Å². The summed E-state index contributed by atoms with van der Waals surface area (Å²) in [6, 6.07) is 7.30. The molecule has 31 heavy (non-hydrogen) atoms. The van der Waals surface area contributed by atoms with E-state index in [0.717, 1.165) is 11.3 Å². The summed E-state index contributed by atoms with van der Waals surface area (Å²) < 4.78 is 1.67. The summed E-state index contributed by atoms with van der Waals surface area (Å²) in [4.78, 5) is 29.6. The highest BCUT2D eigenvalue weighted by molar-refractivity contribution is 6.46. The normalized spacial score (nSPS) is 18.6. The van der Waals surface area contributed by atoms with Crippen LogP contribution in [-0.4, -0.2) is 63.6 Å². The van der Waals surface area contributed by atoms with Crippen LogP contribution in [0.25, 0.3) is 5.76 Å². The summed E-state index contributed by atoms with van der Waals surface area (Å²) in [5.74, 6) is -1.03. The van der Waals surface area contributed by atoms with Gasteiger partial charge in [-0.1, -0.05) is 38.1 Å². The van der Waals surface area contributed by atoms with Gasteiger partial charge in [-0.05, 0) is 45.0 Å². The Morgan fingerprint density at radius 2 is 1.77 bits per heavy atom. The molecular formula is C24H32N4O3. The summed E-state index contributed by atoms with van der Waals surface area (Å²) in [5.41, 5.74) is 3.97. The number of hydrogen-bond donors (Lipinski definition) is 1. The molecule has 7 nitrogen and oxygen atoms in total. The fourth-order valence-corrected chi connectivity index (χ4v) is 4.08. The zero-order chi connectivity index (χ0) is 23.0. The SMILES string of the molecule is Cc1nn(C)c(C)c1/C(O)=C1\C(=O)C(=O)N(CCN(C)C)C1c1ccc(C(C)C)cc1. The number of carbonyl (C=O) groups excluding carboxylic acids is 2. The van der Waals surface area contributed by atoms with Gasteiger partial charge in [-0.2, -0.15) is 5.10 Å². The van der Waals surface area contributed by atoms with E-state index in [2.05, 4.69) is 18.9 Å². The number of aromatic nitrogens is 2. The molecule has 0 saturated carbocycles. The second-order valence-electron chi connectivity index (χ2n) is 8.79. The van der Waals surface area contributed by atoms with Gasteiger partial charge < -0.3 is 14.9 Å². The fourth-order valence-electron chi connectivity index (χ4n) is 4.08. The first-order valence-corrected chi connectivity index (χ1v) is 10.6. The van der Waals surface area contributed by atoms with Gasteiger partial charge in [0.25, 0.3) is 11.7 Å². The minimum Gasteiger partial charge on any atom is -0.507 e. The van der Waals surface area contributed by atoms with Gasteiger partial charge in [0, 0.05) is 25.8 Å². The van der Waals surface area contributed by atoms with E-state index < -0.39 is 17.7 Å². The number of carbonyl (C=O) groups is 2. The van der Waals surface area contributed by atoms with Crippen molar-refractivity contribution in [3.8, 4) is 0 Å². The van der Waals surface area contributed by atoms with Crippen LogP contribution in [0.3, 0.4) is 0 Å². The van der Waals surface area contributed by atoms with Crippen LogP contribution in [-0.2, 0) is 16.6 Å². The van der Waals surface area contributed by atoms with Crippen LogP contribution < -0.4 is 0 Å².